The van der Waals surface area contributed by atoms with Crippen LogP contribution in [0.3, 0.4) is 0 Å². The van der Waals surface area contributed by atoms with Gasteiger partial charge < -0.3 is 9.15 Å². The average molecular weight is 395 g/mol. The number of methoxy groups -OCH3 is 1. The number of nitrogens with zero attached hydrogens (tertiary/aromatic N) is 2. The van der Waals surface area contributed by atoms with Crippen LogP contribution in [0, 0.1) is 11.3 Å². The predicted molar refractivity (Wildman–Crippen MR) is 114 cm³/mol. The summed E-state index contributed by atoms with van der Waals surface area (Å²) in [7, 11) is 1.52. The molecular weight excluding hydrogens is 378 g/mol. The Morgan fingerprint density at radius 2 is 1.80 bits per heavy atom. The van der Waals surface area contributed by atoms with Crippen LogP contribution in [0.2, 0.25) is 0 Å². The van der Waals surface area contributed by atoms with Crippen LogP contribution in [0.15, 0.2) is 82.3 Å². The highest BCUT2D eigenvalue weighted by molar-refractivity contribution is 6.01. The van der Waals surface area contributed by atoms with Gasteiger partial charge in [-0.1, -0.05) is 36.4 Å². The van der Waals surface area contributed by atoms with E-state index in [0.717, 1.165) is 10.8 Å². The number of amides is 1. The lowest BCUT2D eigenvalue weighted by atomic mass is 10.1. The number of nitriles is 1. The number of carbonyl (C=O) groups is 1. The summed E-state index contributed by atoms with van der Waals surface area (Å²) in [6.07, 6.45) is 1.41. The molecule has 0 saturated carbocycles. The number of hydrogen-bond acceptors (Lipinski definition) is 5. The predicted octanol–water partition coefficient (Wildman–Crippen LogP) is 4.74. The molecule has 0 atom stereocenters. The van der Waals surface area contributed by atoms with E-state index in [1.165, 1.54) is 13.3 Å². The Bertz CT molecular complexity index is 1300. The van der Waals surface area contributed by atoms with Crippen LogP contribution in [0.4, 0.5) is 0 Å². The normalized spacial score (nSPS) is 10.8. The van der Waals surface area contributed by atoms with Crippen LogP contribution < -0.4 is 10.2 Å². The van der Waals surface area contributed by atoms with E-state index in [1.54, 1.807) is 30.3 Å². The molecule has 1 N–H and O–H groups in total. The third kappa shape index (κ3) is 3.77. The van der Waals surface area contributed by atoms with Crippen molar-refractivity contribution in [2.45, 2.75) is 0 Å². The first-order valence-electron chi connectivity index (χ1n) is 9.19. The van der Waals surface area contributed by atoms with Crippen molar-refractivity contribution in [1.82, 2.24) is 5.43 Å². The maximum atomic E-state index is 12.6. The molecule has 4 aromatic rings. The smallest absolute Gasteiger partial charge is 0.275 e. The van der Waals surface area contributed by atoms with Crippen molar-refractivity contribution in [3.8, 4) is 23.1 Å². The molecule has 0 saturated heterocycles. The summed E-state index contributed by atoms with van der Waals surface area (Å²) < 4.78 is 11.1. The van der Waals surface area contributed by atoms with Crippen molar-refractivity contribution in [2.24, 2.45) is 5.10 Å². The number of benzene rings is 3. The Balaban J connectivity index is 1.52. The Labute approximate surface area is 173 Å². The first kappa shape index (κ1) is 19.0. The fourth-order valence-electron chi connectivity index (χ4n) is 3.14. The van der Waals surface area contributed by atoms with Crippen molar-refractivity contribution in [3.63, 3.8) is 0 Å². The fraction of sp³-hybridized carbons (Fsp3) is 0.0417. The molecule has 0 aliphatic rings. The summed E-state index contributed by atoms with van der Waals surface area (Å²) in [6.45, 7) is 0. The van der Waals surface area contributed by atoms with Crippen molar-refractivity contribution in [1.29, 1.82) is 5.26 Å². The van der Waals surface area contributed by atoms with Crippen LogP contribution in [-0.4, -0.2) is 19.2 Å². The van der Waals surface area contributed by atoms with Gasteiger partial charge in [-0.25, -0.2) is 5.43 Å². The minimum Gasteiger partial charge on any atom is -0.496 e. The van der Waals surface area contributed by atoms with Crippen molar-refractivity contribution in [3.05, 3.63) is 89.7 Å². The molecule has 4 rings (SSSR count). The van der Waals surface area contributed by atoms with Gasteiger partial charge in [0, 0.05) is 5.56 Å². The topological polar surface area (TPSA) is 87.6 Å². The van der Waals surface area contributed by atoms with Crippen LogP contribution in [-0.2, 0) is 0 Å². The van der Waals surface area contributed by atoms with Gasteiger partial charge in [0.05, 0.1) is 30.5 Å². The minimum absolute atomic E-state index is 0.386. The zero-order valence-corrected chi connectivity index (χ0v) is 16.1. The van der Waals surface area contributed by atoms with Gasteiger partial charge in [0.25, 0.3) is 5.91 Å². The van der Waals surface area contributed by atoms with E-state index in [9.17, 15) is 10.1 Å². The minimum atomic E-state index is -0.393. The highest BCUT2D eigenvalue weighted by Crippen LogP contribution is 2.26. The summed E-state index contributed by atoms with van der Waals surface area (Å²) >= 11 is 0. The van der Waals surface area contributed by atoms with Crippen molar-refractivity contribution >= 4 is 22.9 Å². The number of carbonyl (C=O) groups excluding carboxylic acids is 1. The van der Waals surface area contributed by atoms with Gasteiger partial charge in [-0.05, 0) is 47.2 Å². The van der Waals surface area contributed by atoms with Crippen LogP contribution >= 0.6 is 0 Å². The molecule has 0 spiro atoms. The molecule has 1 aromatic heterocycles. The Kier molecular flexibility index (Phi) is 5.27. The van der Waals surface area contributed by atoms with E-state index in [-0.39, 0.29) is 0 Å². The molecule has 0 aliphatic carbocycles. The second-order valence-electron chi connectivity index (χ2n) is 6.46. The quantitative estimate of drug-likeness (QED) is 0.390. The third-order valence-corrected chi connectivity index (χ3v) is 4.61. The molecule has 0 radical (unpaired) electrons. The molecule has 146 valence electrons. The summed E-state index contributed by atoms with van der Waals surface area (Å²) in [5.74, 6) is 1.07. The molecule has 0 aliphatic heterocycles. The van der Waals surface area contributed by atoms with E-state index < -0.39 is 5.91 Å². The van der Waals surface area contributed by atoms with Crippen molar-refractivity contribution in [2.75, 3.05) is 7.11 Å². The monoisotopic (exact) mass is 395 g/mol. The fourth-order valence-corrected chi connectivity index (χ4v) is 3.14. The van der Waals surface area contributed by atoms with E-state index in [0.29, 0.717) is 34.0 Å². The van der Waals surface area contributed by atoms with Crippen LogP contribution in [0.1, 0.15) is 21.7 Å². The number of hydrazone groups is 1. The largest absolute Gasteiger partial charge is 0.496 e. The molecule has 0 bridgehead atoms. The second-order valence-corrected chi connectivity index (χ2v) is 6.46. The molecule has 1 amide bonds. The van der Waals surface area contributed by atoms with Gasteiger partial charge in [0.15, 0.2) is 0 Å². The molecule has 0 unspecified atom stereocenters. The standard InChI is InChI=1S/C24H17N3O3/c1-29-23-13-17-7-3-2-6-16(17)12-21(23)24(28)27-26-15-19-10-11-22(30-19)20-9-5-4-8-18(20)14-25/h2-13,15H,1H3,(H,27,28)/b26-15-. The van der Waals surface area contributed by atoms with E-state index in [4.69, 9.17) is 9.15 Å². The summed E-state index contributed by atoms with van der Waals surface area (Å²) in [4.78, 5) is 12.6. The van der Waals surface area contributed by atoms with Gasteiger partial charge in [0.2, 0.25) is 0 Å². The zero-order valence-electron chi connectivity index (χ0n) is 16.1. The Hall–Kier alpha value is -4.37. The van der Waals surface area contributed by atoms with Crippen molar-refractivity contribution < 1.29 is 13.9 Å². The SMILES string of the molecule is COc1cc2ccccc2cc1C(=O)N/N=C\c1ccc(-c2ccccc2C#N)o1. The van der Waals surface area contributed by atoms with E-state index in [2.05, 4.69) is 16.6 Å². The lowest BCUT2D eigenvalue weighted by molar-refractivity contribution is 0.0952. The Morgan fingerprint density at radius 1 is 1.07 bits per heavy atom. The highest BCUT2D eigenvalue weighted by atomic mass is 16.5. The first-order valence-corrected chi connectivity index (χ1v) is 9.19. The molecular formula is C24H17N3O3. The zero-order chi connectivity index (χ0) is 20.9. The maximum absolute atomic E-state index is 12.6. The Morgan fingerprint density at radius 3 is 2.57 bits per heavy atom. The summed E-state index contributed by atoms with van der Waals surface area (Å²) in [5.41, 5.74) is 4.10. The van der Waals surface area contributed by atoms with Gasteiger partial charge in [-0.2, -0.15) is 10.4 Å². The van der Waals surface area contributed by atoms with Gasteiger partial charge in [-0.15, -0.1) is 0 Å². The average Bonchev–Trinajstić information content (AvgIpc) is 3.26. The number of rotatable bonds is 5. The lowest BCUT2D eigenvalue weighted by Crippen LogP contribution is -2.18. The molecule has 3 aromatic carbocycles. The number of furan rings is 1. The first-order chi connectivity index (χ1) is 14.7. The number of ether oxygens (including phenoxy) is 1. The van der Waals surface area contributed by atoms with Gasteiger partial charge in [0.1, 0.15) is 17.3 Å². The number of nitrogens with one attached hydrogen (secondary N) is 1. The van der Waals surface area contributed by atoms with Crippen LogP contribution in [0.25, 0.3) is 22.1 Å². The molecule has 30 heavy (non-hydrogen) atoms. The van der Waals surface area contributed by atoms with E-state index >= 15 is 0 Å². The molecule has 0 fully saturated rings. The van der Waals surface area contributed by atoms with E-state index in [1.807, 2.05) is 42.5 Å². The van der Waals surface area contributed by atoms with Gasteiger partial charge >= 0.3 is 0 Å². The molecule has 1 heterocycles. The number of fused-ring (bicyclic) bond motifs is 1. The number of hydrogen-bond donors (Lipinski definition) is 1. The highest BCUT2D eigenvalue weighted by Gasteiger charge is 2.13. The second kappa shape index (κ2) is 8.33. The molecule has 6 heteroatoms. The lowest BCUT2D eigenvalue weighted by Gasteiger charge is -2.09. The third-order valence-electron chi connectivity index (χ3n) is 4.61. The van der Waals surface area contributed by atoms with Gasteiger partial charge in [-0.3, -0.25) is 4.79 Å². The summed E-state index contributed by atoms with van der Waals surface area (Å²) in [6, 6.07) is 24.1. The summed E-state index contributed by atoms with van der Waals surface area (Å²) in [5, 5.41) is 15.1. The maximum Gasteiger partial charge on any atom is 0.275 e. The van der Waals surface area contributed by atoms with Crippen LogP contribution in [0.5, 0.6) is 5.75 Å². The molecule has 6 nitrogen and oxygen atoms in total.